The summed E-state index contributed by atoms with van der Waals surface area (Å²) in [6.45, 7) is 12.3. The molecule has 0 unspecified atom stereocenters. The molecular formula is C18H35NO2. The number of amides is 1. The van der Waals surface area contributed by atoms with Crippen LogP contribution in [0.1, 0.15) is 80.1 Å². The predicted octanol–water partition coefficient (Wildman–Crippen LogP) is 5.45. The van der Waals surface area contributed by atoms with E-state index in [1.807, 2.05) is 20.8 Å². The van der Waals surface area contributed by atoms with Crippen molar-refractivity contribution in [3.05, 3.63) is 12.2 Å². The zero-order valence-electron chi connectivity index (χ0n) is 14.9. The summed E-state index contributed by atoms with van der Waals surface area (Å²) in [5.74, 6) is 0.775. The molecule has 21 heavy (non-hydrogen) atoms. The summed E-state index contributed by atoms with van der Waals surface area (Å²) < 4.78 is 5.29. The number of carbonyl (C=O) groups excluding carboxylic acids is 1. The van der Waals surface area contributed by atoms with Crippen LogP contribution in [0, 0.1) is 5.92 Å². The fourth-order valence-electron chi connectivity index (χ4n) is 2.00. The first-order chi connectivity index (χ1) is 9.74. The standard InChI is InChI=1S/C18H35NO2/c1-7-16(19-17(20)21-18(4,5)6)14-12-10-8-9-11-13-15(2)3/h8-9,15-16H,7,10-14H2,1-6H3,(H,19,20)/b9-8-/t16-/m0/s1. The second-order valence-electron chi connectivity index (χ2n) is 7.12. The van der Waals surface area contributed by atoms with Gasteiger partial charge in [-0.25, -0.2) is 4.79 Å². The lowest BCUT2D eigenvalue weighted by Gasteiger charge is -2.23. The number of alkyl carbamates (subject to hydrolysis) is 1. The van der Waals surface area contributed by atoms with Crippen LogP contribution in [-0.4, -0.2) is 17.7 Å². The van der Waals surface area contributed by atoms with Crippen LogP contribution in [0.15, 0.2) is 12.2 Å². The van der Waals surface area contributed by atoms with Gasteiger partial charge >= 0.3 is 6.09 Å². The van der Waals surface area contributed by atoms with Crippen LogP contribution < -0.4 is 5.32 Å². The molecule has 0 radical (unpaired) electrons. The number of ether oxygens (including phenoxy) is 1. The molecule has 1 N–H and O–H groups in total. The Morgan fingerprint density at radius 3 is 2.29 bits per heavy atom. The van der Waals surface area contributed by atoms with Crippen molar-refractivity contribution in [2.75, 3.05) is 0 Å². The third-order valence-electron chi connectivity index (χ3n) is 3.21. The minimum atomic E-state index is -0.429. The summed E-state index contributed by atoms with van der Waals surface area (Å²) in [5, 5.41) is 2.95. The molecule has 0 saturated carbocycles. The molecule has 1 amide bonds. The largest absolute Gasteiger partial charge is 0.444 e. The van der Waals surface area contributed by atoms with E-state index in [1.165, 1.54) is 12.8 Å². The third kappa shape index (κ3) is 13.7. The molecule has 0 rings (SSSR count). The van der Waals surface area contributed by atoms with E-state index in [0.717, 1.165) is 31.6 Å². The first-order valence-electron chi connectivity index (χ1n) is 8.39. The van der Waals surface area contributed by atoms with E-state index in [9.17, 15) is 4.79 Å². The van der Waals surface area contributed by atoms with Gasteiger partial charge in [0.25, 0.3) is 0 Å². The highest BCUT2D eigenvalue weighted by Gasteiger charge is 2.18. The minimum absolute atomic E-state index is 0.212. The van der Waals surface area contributed by atoms with Gasteiger partial charge in [-0.3, -0.25) is 0 Å². The molecule has 0 saturated heterocycles. The number of hydrogen-bond donors (Lipinski definition) is 1. The molecular weight excluding hydrogens is 262 g/mol. The van der Waals surface area contributed by atoms with Crippen LogP contribution in [0.2, 0.25) is 0 Å². The molecule has 0 aromatic rings. The molecule has 1 atom stereocenters. The fraction of sp³-hybridized carbons (Fsp3) is 0.833. The molecule has 0 spiro atoms. The Balaban J connectivity index is 3.82. The molecule has 3 heteroatoms. The van der Waals surface area contributed by atoms with Gasteiger partial charge in [-0.05, 0) is 65.2 Å². The number of carbonyl (C=O) groups is 1. The number of allylic oxidation sites excluding steroid dienone is 2. The third-order valence-corrected chi connectivity index (χ3v) is 3.21. The molecule has 0 aromatic carbocycles. The van der Waals surface area contributed by atoms with Crippen molar-refractivity contribution in [2.24, 2.45) is 5.92 Å². The van der Waals surface area contributed by atoms with Gasteiger partial charge in [0, 0.05) is 6.04 Å². The van der Waals surface area contributed by atoms with E-state index in [-0.39, 0.29) is 12.1 Å². The van der Waals surface area contributed by atoms with Gasteiger partial charge in [0.15, 0.2) is 0 Å². The molecule has 0 heterocycles. The summed E-state index contributed by atoms with van der Waals surface area (Å²) in [4.78, 5) is 11.7. The quantitative estimate of drug-likeness (QED) is 0.454. The average Bonchev–Trinajstić information content (AvgIpc) is 2.33. The second kappa shape index (κ2) is 10.7. The van der Waals surface area contributed by atoms with Crippen LogP contribution in [0.3, 0.4) is 0 Å². The van der Waals surface area contributed by atoms with E-state index in [2.05, 4.69) is 38.2 Å². The molecule has 0 aliphatic rings. The van der Waals surface area contributed by atoms with E-state index >= 15 is 0 Å². The van der Waals surface area contributed by atoms with Crippen LogP contribution in [0.25, 0.3) is 0 Å². The fourth-order valence-corrected chi connectivity index (χ4v) is 2.00. The lowest BCUT2D eigenvalue weighted by atomic mass is 10.1. The van der Waals surface area contributed by atoms with Gasteiger partial charge < -0.3 is 10.1 Å². The van der Waals surface area contributed by atoms with E-state index in [4.69, 9.17) is 4.74 Å². The summed E-state index contributed by atoms with van der Waals surface area (Å²) in [7, 11) is 0. The van der Waals surface area contributed by atoms with E-state index in [0.29, 0.717) is 0 Å². The SMILES string of the molecule is CC[C@@H](CCC/C=C\CCC(C)C)NC(=O)OC(C)(C)C. The van der Waals surface area contributed by atoms with Crippen LogP contribution >= 0.6 is 0 Å². The van der Waals surface area contributed by atoms with Crippen LogP contribution in [0.4, 0.5) is 4.79 Å². The Kier molecular flexibility index (Phi) is 10.2. The number of hydrogen-bond acceptors (Lipinski definition) is 2. The molecule has 0 aromatic heterocycles. The molecule has 3 nitrogen and oxygen atoms in total. The molecule has 0 bridgehead atoms. The molecule has 0 aliphatic carbocycles. The van der Waals surface area contributed by atoms with Crippen molar-refractivity contribution in [3.63, 3.8) is 0 Å². The van der Waals surface area contributed by atoms with Gasteiger partial charge in [0.05, 0.1) is 0 Å². The monoisotopic (exact) mass is 297 g/mol. The lowest BCUT2D eigenvalue weighted by molar-refractivity contribution is 0.0500. The zero-order chi connectivity index (χ0) is 16.3. The second-order valence-corrected chi connectivity index (χ2v) is 7.12. The normalized spacial score (nSPS) is 13.7. The lowest BCUT2D eigenvalue weighted by Crippen LogP contribution is -2.38. The number of nitrogens with one attached hydrogen (secondary N) is 1. The van der Waals surface area contributed by atoms with Gasteiger partial charge in [-0.2, -0.15) is 0 Å². The van der Waals surface area contributed by atoms with Crippen molar-refractivity contribution in [2.45, 2.75) is 91.7 Å². The van der Waals surface area contributed by atoms with E-state index in [1.54, 1.807) is 0 Å². The highest BCUT2D eigenvalue weighted by Crippen LogP contribution is 2.10. The number of unbranched alkanes of at least 4 members (excludes halogenated alkanes) is 1. The smallest absolute Gasteiger partial charge is 0.407 e. The minimum Gasteiger partial charge on any atom is -0.444 e. The number of rotatable bonds is 9. The van der Waals surface area contributed by atoms with E-state index < -0.39 is 5.60 Å². The molecule has 0 aliphatic heterocycles. The van der Waals surface area contributed by atoms with Gasteiger partial charge in [-0.15, -0.1) is 0 Å². The van der Waals surface area contributed by atoms with Crippen molar-refractivity contribution >= 4 is 6.09 Å². The van der Waals surface area contributed by atoms with Crippen molar-refractivity contribution < 1.29 is 9.53 Å². The Morgan fingerprint density at radius 1 is 1.14 bits per heavy atom. The Morgan fingerprint density at radius 2 is 1.76 bits per heavy atom. The highest BCUT2D eigenvalue weighted by molar-refractivity contribution is 5.68. The Hall–Kier alpha value is -0.990. The highest BCUT2D eigenvalue weighted by atomic mass is 16.6. The average molecular weight is 297 g/mol. The van der Waals surface area contributed by atoms with Gasteiger partial charge in [0.2, 0.25) is 0 Å². The van der Waals surface area contributed by atoms with Crippen LogP contribution in [-0.2, 0) is 4.74 Å². The van der Waals surface area contributed by atoms with Crippen molar-refractivity contribution in [3.8, 4) is 0 Å². The van der Waals surface area contributed by atoms with Crippen LogP contribution in [0.5, 0.6) is 0 Å². The summed E-state index contributed by atoms with van der Waals surface area (Å²) in [5.41, 5.74) is -0.429. The van der Waals surface area contributed by atoms with Crippen molar-refractivity contribution in [1.82, 2.24) is 5.32 Å². The maximum absolute atomic E-state index is 11.7. The van der Waals surface area contributed by atoms with Gasteiger partial charge in [0.1, 0.15) is 5.60 Å². The topological polar surface area (TPSA) is 38.3 Å². The maximum atomic E-state index is 11.7. The summed E-state index contributed by atoms with van der Waals surface area (Å²) >= 11 is 0. The summed E-state index contributed by atoms with van der Waals surface area (Å²) in [6.07, 6.45) is 10.8. The van der Waals surface area contributed by atoms with Crippen molar-refractivity contribution in [1.29, 1.82) is 0 Å². The van der Waals surface area contributed by atoms with Gasteiger partial charge in [-0.1, -0.05) is 32.9 Å². The Labute approximate surface area is 131 Å². The maximum Gasteiger partial charge on any atom is 0.407 e. The first kappa shape index (κ1) is 20.0. The first-order valence-corrected chi connectivity index (χ1v) is 8.39. The zero-order valence-corrected chi connectivity index (χ0v) is 14.9. The summed E-state index contributed by atoms with van der Waals surface area (Å²) in [6, 6.07) is 0.212. The predicted molar refractivity (Wildman–Crippen MR) is 90.5 cm³/mol. The Bertz CT molecular complexity index is 303. The molecule has 124 valence electrons. The molecule has 0 fully saturated rings.